The fourth-order valence-corrected chi connectivity index (χ4v) is 2.17. The zero-order valence-electron chi connectivity index (χ0n) is 11.7. The zero-order chi connectivity index (χ0) is 15.2. The van der Waals surface area contributed by atoms with Gasteiger partial charge in [-0.25, -0.2) is 4.39 Å². The van der Waals surface area contributed by atoms with E-state index in [4.69, 9.17) is 15.2 Å². The third-order valence-electron chi connectivity index (χ3n) is 2.87. The van der Waals surface area contributed by atoms with E-state index in [1.807, 2.05) is 31.2 Å². The summed E-state index contributed by atoms with van der Waals surface area (Å²) < 4.78 is 25.7. The molecule has 0 saturated carbocycles. The first kappa shape index (κ1) is 15.6. The van der Waals surface area contributed by atoms with Crippen molar-refractivity contribution in [2.24, 2.45) is 0 Å². The Morgan fingerprint density at radius 2 is 1.90 bits per heavy atom. The third kappa shape index (κ3) is 4.11. The predicted octanol–water partition coefficient (Wildman–Crippen LogP) is 4.54. The molecule has 2 aromatic rings. The van der Waals surface area contributed by atoms with Crippen molar-refractivity contribution in [2.75, 3.05) is 12.3 Å². The molecule has 21 heavy (non-hydrogen) atoms. The lowest BCUT2D eigenvalue weighted by molar-refractivity contribution is 0.286. The molecule has 0 unspecified atom stereocenters. The summed E-state index contributed by atoms with van der Waals surface area (Å²) in [7, 11) is 0. The Balaban J connectivity index is 2.14. The van der Waals surface area contributed by atoms with Gasteiger partial charge in [0.15, 0.2) is 11.6 Å². The normalized spacial score (nSPS) is 10.4. The standard InChI is InChI=1S/C16H17BrFNO2/c1-2-7-20-15-9-16(14(19)8-13(15)18)21-10-11-5-3-4-6-12(11)17/h3-6,8-9H,2,7,10,19H2,1H3. The summed E-state index contributed by atoms with van der Waals surface area (Å²) in [4.78, 5) is 0. The monoisotopic (exact) mass is 353 g/mol. The van der Waals surface area contributed by atoms with Gasteiger partial charge >= 0.3 is 0 Å². The van der Waals surface area contributed by atoms with Crippen molar-refractivity contribution in [1.82, 2.24) is 0 Å². The van der Waals surface area contributed by atoms with Crippen LogP contribution in [0.4, 0.5) is 10.1 Å². The second-order valence-corrected chi connectivity index (χ2v) is 5.40. The van der Waals surface area contributed by atoms with E-state index in [0.29, 0.717) is 19.0 Å². The molecule has 5 heteroatoms. The minimum Gasteiger partial charge on any atom is -0.490 e. The lowest BCUT2D eigenvalue weighted by Crippen LogP contribution is -2.03. The van der Waals surface area contributed by atoms with Crippen LogP contribution < -0.4 is 15.2 Å². The lowest BCUT2D eigenvalue weighted by Gasteiger charge is -2.13. The molecule has 0 aromatic heterocycles. The molecule has 2 rings (SSSR count). The van der Waals surface area contributed by atoms with Gasteiger partial charge in [0.2, 0.25) is 0 Å². The average Bonchev–Trinajstić information content (AvgIpc) is 2.47. The molecule has 0 aliphatic rings. The first-order chi connectivity index (χ1) is 10.1. The van der Waals surface area contributed by atoms with E-state index < -0.39 is 5.82 Å². The van der Waals surface area contributed by atoms with Gasteiger partial charge in [0.25, 0.3) is 0 Å². The van der Waals surface area contributed by atoms with Crippen LogP contribution in [0, 0.1) is 5.82 Å². The second-order valence-electron chi connectivity index (χ2n) is 4.55. The third-order valence-corrected chi connectivity index (χ3v) is 3.64. The number of anilines is 1. The number of nitrogens with two attached hydrogens (primary N) is 1. The SMILES string of the molecule is CCCOc1cc(OCc2ccccc2Br)c(N)cc1F. The highest BCUT2D eigenvalue weighted by Crippen LogP contribution is 2.31. The number of ether oxygens (including phenoxy) is 2. The van der Waals surface area contributed by atoms with Crippen LogP contribution in [-0.2, 0) is 6.61 Å². The van der Waals surface area contributed by atoms with Gasteiger partial charge in [0, 0.05) is 22.2 Å². The molecule has 0 saturated heterocycles. The van der Waals surface area contributed by atoms with Crippen molar-refractivity contribution in [3.63, 3.8) is 0 Å². The maximum atomic E-state index is 13.7. The van der Waals surface area contributed by atoms with E-state index in [-0.39, 0.29) is 11.4 Å². The van der Waals surface area contributed by atoms with Crippen molar-refractivity contribution in [2.45, 2.75) is 20.0 Å². The van der Waals surface area contributed by atoms with Gasteiger partial charge in [0.1, 0.15) is 12.4 Å². The van der Waals surface area contributed by atoms with Gasteiger partial charge in [-0.05, 0) is 12.5 Å². The first-order valence-corrected chi connectivity index (χ1v) is 7.49. The van der Waals surface area contributed by atoms with Crippen LogP contribution in [0.5, 0.6) is 11.5 Å². The summed E-state index contributed by atoms with van der Waals surface area (Å²) >= 11 is 3.45. The van der Waals surface area contributed by atoms with E-state index >= 15 is 0 Å². The molecule has 3 nitrogen and oxygen atoms in total. The Kier molecular flexibility index (Phi) is 5.44. The van der Waals surface area contributed by atoms with Crippen LogP contribution in [0.2, 0.25) is 0 Å². The number of hydrogen-bond acceptors (Lipinski definition) is 3. The molecule has 0 fully saturated rings. The molecule has 0 aliphatic carbocycles. The van der Waals surface area contributed by atoms with Crippen LogP contribution in [0.15, 0.2) is 40.9 Å². The number of nitrogen functional groups attached to an aromatic ring is 1. The minimum atomic E-state index is -0.478. The Morgan fingerprint density at radius 3 is 2.62 bits per heavy atom. The van der Waals surface area contributed by atoms with Crippen LogP contribution in [-0.4, -0.2) is 6.61 Å². The molecular formula is C16H17BrFNO2. The van der Waals surface area contributed by atoms with Gasteiger partial charge in [-0.2, -0.15) is 0 Å². The van der Waals surface area contributed by atoms with E-state index in [9.17, 15) is 4.39 Å². The Bertz CT molecular complexity index is 619. The highest BCUT2D eigenvalue weighted by Gasteiger charge is 2.11. The van der Waals surface area contributed by atoms with Crippen molar-refractivity contribution >= 4 is 21.6 Å². The van der Waals surface area contributed by atoms with Crippen LogP contribution in [0.1, 0.15) is 18.9 Å². The van der Waals surface area contributed by atoms with Gasteiger partial charge in [0.05, 0.1) is 12.3 Å². The number of benzene rings is 2. The van der Waals surface area contributed by atoms with Gasteiger partial charge in [-0.15, -0.1) is 0 Å². The van der Waals surface area contributed by atoms with Gasteiger partial charge < -0.3 is 15.2 Å². The first-order valence-electron chi connectivity index (χ1n) is 6.69. The molecule has 2 N–H and O–H groups in total. The topological polar surface area (TPSA) is 44.5 Å². The van der Waals surface area contributed by atoms with E-state index in [1.165, 1.54) is 12.1 Å². The highest BCUT2D eigenvalue weighted by molar-refractivity contribution is 9.10. The summed E-state index contributed by atoms with van der Waals surface area (Å²) in [6.07, 6.45) is 0.803. The van der Waals surface area contributed by atoms with Crippen LogP contribution in [0.25, 0.3) is 0 Å². The Labute approximate surface area is 132 Å². The van der Waals surface area contributed by atoms with Crippen molar-refractivity contribution in [3.8, 4) is 11.5 Å². The largest absolute Gasteiger partial charge is 0.490 e. The van der Waals surface area contributed by atoms with Crippen molar-refractivity contribution in [3.05, 3.63) is 52.3 Å². The molecular weight excluding hydrogens is 337 g/mol. The van der Waals surface area contributed by atoms with Crippen LogP contribution in [0.3, 0.4) is 0 Å². The molecule has 112 valence electrons. The summed E-state index contributed by atoms with van der Waals surface area (Å²) in [6.45, 7) is 2.74. The Hall–Kier alpha value is -1.75. The maximum absolute atomic E-state index is 13.7. The fraction of sp³-hybridized carbons (Fsp3) is 0.250. The molecule has 0 aliphatic heterocycles. The second kappa shape index (κ2) is 7.31. The summed E-state index contributed by atoms with van der Waals surface area (Å²) in [5.41, 5.74) is 7.03. The molecule has 0 heterocycles. The summed E-state index contributed by atoms with van der Waals surface area (Å²) in [6, 6.07) is 10.4. The smallest absolute Gasteiger partial charge is 0.167 e. The highest BCUT2D eigenvalue weighted by atomic mass is 79.9. The molecule has 0 radical (unpaired) electrons. The molecule has 0 atom stereocenters. The van der Waals surface area contributed by atoms with Gasteiger partial charge in [-0.1, -0.05) is 41.1 Å². The predicted molar refractivity (Wildman–Crippen MR) is 85.1 cm³/mol. The minimum absolute atomic E-state index is 0.160. The van der Waals surface area contributed by atoms with E-state index in [0.717, 1.165) is 16.5 Å². The van der Waals surface area contributed by atoms with Crippen molar-refractivity contribution in [1.29, 1.82) is 0 Å². The fourth-order valence-electron chi connectivity index (χ4n) is 1.77. The van der Waals surface area contributed by atoms with Crippen LogP contribution >= 0.6 is 15.9 Å². The number of rotatable bonds is 6. The average molecular weight is 354 g/mol. The van der Waals surface area contributed by atoms with E-state index in [1.54, 1.807) is 0 Å². The summed E-state index contributed by atoms with van der Waals surface area (Å²) in [5.74, 6) is 0.0978. The number of hydrogen-bond donors (Lipinski definition) is 1. The molecule has 2 aromatic carbocycles. The molecule has 0 amide bonds. The Morgan fingerprint density at radius 1 is 1.14 bits per heavy atom. The van der Waals surface area contributed by atoms with Gasteiger partial charge in [-0.3, -0.25) is 0 Å². The lowest BCUT2D eigenvalue weighted by atomic mass is 10.2. The maximum Gasteiger partial charge on any atom is 0.167 e. The zero-order valence-corrected chi connectivity index (χ0v) is 13.3. The summed E-state index contributed by atoms with van der Waals surface area (Å²) in [5, 5.41) is 0. The van der Waals surface area contributed by atoms with Crippen molar-refractivity contribution < 1.29 is 13.9 Å². The van der Waals surface area contributed by atoms with E-state index in [2.05, 4.69) is 15.9 Å². The number of halogens is 2. The quantitative estimate of drug-likeness (QED) is 0.775. The molecule has 0 bridgehead atoms. The molecule has 0 spiro atoms.